The first-order valence-corrected chi connectivity index (χ1v) is 7.66. The number of benzene rings is 2. The highest BCUT2D eigenvalue weighted by Crippen LogP contribution is 2.19. The van der Waals surface area contributed by atoms with Gasteiger partial charge in [-0.1, -0.05) is 28.1 Å². The predicted molar refractivity (Wildman–Crippen MR) is 87.3 cm³/mol. The van der Waals surface area contributed by atoms with Crippen LogP contribution in [0.25, 0.3) is 0 Å². The van der Waals surface area contributed by atoms with E-state index in [-0.39, 0.29) is 11.9 Å². The van der Waals surface area contributed by atoms with Crippen LogP contribution < -0.4 is 10.1 Å². The molecule has 0 saturated carbocycles. The van der Waals surface area contributed by atoms with Gasteiger partial charge in [0.15, 0.2) is 0 Å². The quantitative estimate of drug-likeness (QED) is 0.850. The molecule has 0 heterocycles. The van der Waals surface area contributed by atoms with E-state index in [1.807, 2.05) is 31.3 Å². The van der Waals surface area contributed by atoms with Crippen molar-refractivity contribution in [3.8, 4) is 5.75 Å². The van der Waals surface area contributed by atoms with Gasteiger partial charge in [-0.15, -0.1) is 0 Å². The van der Waals surface area contributed by atoms with E-state index >= 15 is 0 Å². The van der Waals surface area contributed by atoms with E-state index in [2.05, 4.69) is 27.3 Å². The summed E-state index contributed by atoms with van der Waals surface area (Å²) in [5.74, 6) is 0.681. The summed E-state index contributed by atoms with van der Waals surface area (Å²) in [5, 5.41) is 3.26. The summed E-state index contributed by atoms with van der Waals surface area (Å²) < 4.78 is 20.0. The van der Waals surface area contributed by atoms with Crippen molar-refractivity contribution in [2.45, 2.75) is 18.9 Å². The van der Waals surface area contributed by atoms with E-state index in [1.165, 1.54) is 11.6 Å². The first kappa shape index (κ1) is 16.0. The highest BCUT2D eigenvalue weighted by molar-refractivity contribution is 9.10. The molecule has 0 fully saturated rings. The lowest BCUT2D eigenvalue weighted by atomic mass is 9.98. The number of nitrogens with one attached hydrogen (secondary N) is 1. The van der Waals surface area contributed by atoms with Gasteiger partial charge in [-0.3, -0.25) is 0 Å². The second-order valence-electron chi connectivity index (χ2n) is 4.98. The number of hydrogen-bond acceptors (Lipinski definition) is 2. The zero-order chi connectivity index (χ0) is 15.2. The van der Waals surface area contributed by atoms with Crippen molar-refractivity contribution in [2.75, 3.05) is 14.2 Å². The molecule has 21 heavy (non-hydrogen) atoms. The number of rotatable bonds is 6. The maximum absolute atomic E-state index is 13.9. The van der Waals surface area contributed by atoms with Crippen molar-refractivity contribution in [1.29, 1.82) is 0 Å². The maximum atomic E-state index is 13.9. The molecule has 1 atom stereocenters. The number of methoxy groups -OCH3 is 1. The summed E-state index contributed by atoms with van der Waals surface area (Å²) in [6.45, 7) is 0. The van der Waals surface area contributed by atoms with Crippen LogP contribution in [0.5, 0.6) is 5.75 Å². The molecule has 0 aliphatic heterocycles. The van der Waals surface area contributed by atoms with Gasteiger partial charge in [0.05, 0.1) is 7.11 Å². The molecule has 0 aromatic heterocycles. The highest BCUT2D eigenvalue weighted by Gasteiger charge is 2.12. The van der Waals surface area contributed by atoms with Crippen LogP contribution in [0.2, 0.25) is 0 Å². The number of likely N-dealkylation sites (N-methyl/N-ethyl adjacent to an activating group) is 1. The molecule has 1 unspecified atom stereocenters. The van der Waals surface area contributed by atoms with E-state index in [0.717, 1.165) is 16.6 Å². The lowest BCUT2D eigenvalue weighted by Crippen LogP contribution is -2.30. The van der Waals surface area contributed by atoms with Crippen LogP contribution in [0, 0.1) is 5.82 Å². The molecule has 2 aromatic carbocycles. The fourth-order valence-electron chi connectivity index (χ4n) is 2.33. The number of halogens is 2. The molecule has 2 nitrogen and oxygen atoms in total. The van der Waals surface area contributed by atoms with Crippen molar-refractivity contribution in [3.05, 3.63) is 63.9 Å². The first-order valence-electron chi connectivity index (χ1n) is 6.86. The lowest BCUT2D eigenvalue weighted by Gasteiger charge is -2.17. The average Bonchev–Trinajstić information content (AvgIpc) is 2.50. The van der Waals surface area contributed by atoms with Gasteiger partial charge in [0.1, 0.15) is 11.6 Å². The Balaban J connectivity index is 2.10. The second kappa shape index (κ2) is 7.57. The predicted octanol–water partition coefficient (Wildman–Crippen LogP) is 3.97. The van der Waals surface area contributed by atoms with Crippen LogP contribution in [0.15, 0.2) is 46.9 Å². The van der Waals surface area contributed by atoms with Gasteiger partial charge in [-0.2, -0.15) is 0 Å². The smallest absolute Gasteiger partial charge is 0.126 e. The molecule has 4 heteroatoms. The summed E-state index contributed by atoms with van der Waals surface area (Å²) in [4.78, 5) is 0. The third-order valence-electron chi connectivity index (χ3n) is 3.50. The van der Waals surface area contributed by atoms with E-state index in [4.69, 9.17) is 4.74 Å². The molecular weight excluding hydrogens is 333 g/mol. The standard InChI is InChI=1S/C17H19BrFNO/c1-20-15(8-12-4-3-5-16(9-12)21-2)11-13-10-14(18)6-7-17(13)19/h3-7,9-10,15,20H,8,11H2,1-2H3. The van der Waals surface area contributed by atoms with E-state index < -0.39 is 0 Å². The highest BCUT2D eigenvalue weighted by atomic mass is 79.9. The first-order chi connectivity index (χ1) is 10.1. The Morgan fingerprint density at radius 3 is 2.71 bits per heavy atom. The molecule has 2 rings (SSSR count). The lowest BCUT2D eigenvalue weighted by molar-refractivity contribution is 0.414. The number of hydrogen-bond donors (Lipinski definition) is 1. The van der Waals surface area contributed by atoms with Crippen LogP contribution in [0.4, 0.5) is 4.39 Å². The SMILES string of the molecule is CNC(Cc1cccc(OC)c1)Cc1cc(Br)ccc1F. The van der Waals surface area contributed by atoms with E-state index in [9.17, 15) is 4.39 Å². The van der Waals surface area contributed by atoms with Gasteiger partial charge < -0.3 is 10.1 Å². The fourth-order valence-corrected chi connectivity index (χ4v) is 2.73. The Kier molecular flexibility index (Phi) is 5.76. The normalized spacial score (nSPS) is 12.2. The van der Waals surface area contributed by atoms with Crippen LogP contribution in [0.3, 0.4) is 0 Å². The third-order valence-corrected chi connectivity index (χ3v) is 3.99. The zero-order valence-electron chi connectivity index (χ0n) is 12.2. The largest absolute Gasteiger partial charge is 0.497 e. The Morgan fingerprint density at radius 2 is 2.00 bits per heavy atom. The van der Waals surface area contributed by atoms with E-state index in [1.54, 1.807) is 13.2 Å². The van der Waals surface area contributed by atoms with Crippen molar-refractivity contribution in [1.82, 2.24) is 5.32 Å². The van der Waals surface area contributed by atoms with Gasteiger partial charge in [-0.25, -0.2) is 4.39 Å². The zero-order valence-corrected chi connectivity index (χ0v) is 13.8. The molecule has 0 spiro atoms. The van der Waals surface area contributed by atoms with Crippen molar-refractivity contribution < 1.29 is 9.13 Å². The molecular formula is C17H19BrFNO. The minimum absolute atomic E-state index is 0.163. The summed E-state index contributed by atoms with van der Waals surface area (Å²) in [6, 6.07) is 13.2. The topological polar surface area (TPSA) is 21.3 Å². The van der Waals surface area contributed by atoms with Crippen molar-refractivity contribution >= 4 is 15.9 Å². The van der Waals surface area contributed by atoms with Crippen LogP contribution >= 0.6 is 15.9 Å². The third kappa shape index (κ3) is 4.55. The summed E-state index contributed by atoms with van der Waals surface area (Å²) in [6.07, 6.45) is 1.46. The van der Waals surface area contributed by atoms with Gasteiger partial charge in [0.25, 0.3) is 0 Å². The van der Waals surface area contributed by atoms with E-state index in [0.29, 0.717) is 12.0 Å². The van der Waals surface area contributed by atoms with Crippen molar-refractivity contribution in [3.63, 3.8) is 0 Å². The van der Waals surface area contributed by atoms with Crippen molar-refractivity contribution in [2.24, 2.45) is 0 Å². The minimum Gasteiger partial charge on any atom is -0.497 e. The Labute approximate surface area is 133 Å². The van der Waals surface area contributed by atoms with Gasteiger partial charge in [-0.05, 0) is 61.3 Å². The van der Waals surface area contributed by atoms with Crippen LogP contribution in [-0.2, 0) is 12.8 Å². The van der Waals surface area contributed by atoms with Gasteiger partial charge >= 0.3 is 0 Å². The van der Waals surface area contributed by atoms with Crippen LogP contribution in [0.1, 0.15) is 11.1 Å². The van der Waals surface area contributed by atoms with Gasteiger partial charge in [0.2, 0.25) is 0 Å². The molecule has 0 amide bonds. The Morgan fingerprint density at radius 1 is 1.19 bits per heavy atom. The van der Waals surface area contributed by atoms with Gasteiger partial charge in [0, 0.05) is 10.5 Å². The molecule has 0 radical (unpaired) electrons. The Bertz CT molecular complexity index is 603. The second-order valence-corrected chi connectivity index (χ2v) is 5.90. The molecule has 2 aromatic rings. The minimum atomic E-state index is -0.163. The Hall–Kier alpha value is -1.39. The maximum Gasteiger partial charge on any atom is 0.126 e. The molecule has 0 aliphatic rings. The fraction of sp³-hybridized carbons (Fsp3) is 0.294. The summed E-state index contributed by atoms with van der Waals surface area (Å²) in [7, 11) is 3.56. The summed E-state index contributed by atoms with van der Waals surface area (Å²) >= 11 is 3.39. The van der Waals surface area contributed by atoms with Crippen LogP contribution in [-0.4, -0.2) is 20.2 Å². The molecule has 1 N–H and O–H groups in total. The monoisotopic (exact) mass is 351 g/mol. The molecule has 0 aliphatic carbocycles. The molecule has 0 bridgehead atoms. The molecule has 0 saturated heterocycles. The average molecular weight is 352 g/mol. The number of ether oxygens (including phenoxy) is 1. The summed E-state index contributed by atoms with van der Waals surface area (Å²) in [5.41, 5.74) is 1.88. The molecule has 112 valence electrons.